The average molecular weight is 112 g/mol. The largest absolute Gasteiger partial charge is 0.318 e. The Kier molecular flexibility index (Phi) is 5.99. The van der Waals surface area contributed by atoms with Crippen LogP contribution < -0.4 is 11.1 Å². The summed E-state index contributed by atoms with van der Waals surface area (Å²) in [6.07, 6.45) is 2.84. The molecule has 0 radical (unpaired) electrons. The van der Waals surface area contributed by atoms with E-state index in [4.69, 9.17) is 5.73 Å². The molecule has 0 aliphatic carbocycles. The normalized spacial score (nSPS) is 8.12. The maximum absolute atomic E-state index is 5.15. The third kappa shape index (κ3) is 5.44. The molecule has 0 unspecified atom stereocenters. The van der Waals surface area contributed by atoms with Gasteiger partial charge in [-0.3, -0.25) is 0 Å². The molecule has 46 valence electrons. The minimum Gasteiger partial charge on any atom is -0.318 e. The molecule has 0 aromatic heterocycles. The van der Waals surface area contributed by atoms with Crippen molar-refractivity contribution in [2.24, 2.45) is 5.73 Å². The Morgan fingerprint density at radius 1 is 1.75 bits per heavy atom. The van der Waals surface area contributed by atoms with Gasteiger partial charge in [-0.05, 0) is 12.5 Å². The summed E-state index contributed by atoms with van der Waals surface area (Å²) in [6, 6.07) is 0. The number of hydrogen-bond donors (Lipinski definition) is 2. The van der Waals surface area contributed by atoms with Crippen LogP contribution in [0.4, 0.5) is 0 Å². The predicted octanol–water partition coefficient (Wildman–Crippen LogP) is 0.223. The number of hydrogen-bond acceptors (Lipinski definition) is 2. The molecule has 0 spiro atoms. The fourth-order valence-electron chi connectivity index (χ4n) is 0.378. The smallest absolute Gasteiger partial charge is 0.0428 e. The first-order valence-electron chi connectivity index (χ1n) is 2.67. The monoisotopic (exact) mass is 112 g/mol. The fourth-order valence-corrected chi connectivity index (χ4v) is 0.378. The van der Waals surface area contributed by atoms with Crippen molar-refractivity contribution < 1.29 is 0 Å². The summed E-state index contributed by atoms with van der Waals surface area (Å²) in [5.74, 6) is 0. The zero-order chi connectivity index (χ0) is 6.24. The van der Waals surface area contributed by atoms with Crippen molar-refractivity contribution in [1.29, 1.82) is 0 Å². The summed E-state index contributed by atoms with van der Waals surface area (Å²) in [5, 5.41) is 2.96. The Morgan fingerprint density at radius 3 is 3.00 bits per heavy atom. The highest BCUT2D eigenvalue weighted by Crippen LogP contribution is 1.73. The molecule has 8 heavy (non-hydrogen) atoms. The molecule has 0 amide bonds. The van der Waals surface area contributed by atoms with Crippen LogP contribution in [-0.4, -0.2) is 13.2 Å². The molecule has 2 heteroatoms. The molecule has 0 aromatic rings. The van der Waals surface area contributed by atoms with E-state index in [1.807, 2.05) is 6.08 Å². The Balaban J connectivity index is 2.82. The van der Waals surface area contributed by atoms with E-state index in [9.17, 15) is 0 Å². The summed E-state index contributed by atoms with van der Waals surface area (Å²) in [4.78, 5) is 0. The van der Waals surface area contributed by atoms with Gasteiger partial charge in [-0.15, -0.1) is 5.73 Å². The van der Waals surface area contributed by atoms with E-state index in [0.29, 0.717) is 6.67 Å². The minimum atomic E-state index is 0.547. The first-order chi connectivity index (χ1) is 3.91. The average Bonchev–Trinajstić information content (AvgIpc) is 1.81. The molecule has 3 N–H and O–H groups in total. The van der Waals surface area contributed by atoms with E-state index in [1.165, 1.54) is 0 Å². The van der Waals surface area contributed by atoms with E-state index >= 15 is 0 Å². The molecule has 0 saturated heterocycles. The van der Waals surface area contributed by atoms with Crippen LogP contribution in [0.3, 0.4) is 0 Å². The van der Waals surface area contributed by atoms with Crippen LogP contribution in [0.25, 0.3) is 0 Å². The molecule has 0 rings (SSSR count). The van der Waals surface area contributed by atoms with Crippen LogP contribution in [0.15, 0.2) is 18.4 Å². The van der Waals surface area contributed by atoms with Crippen molar-refractivity contribution in [3.05, 3.63) is 18.4 Å². The zero-order valence-electron chi connectivity index (χ0n) is 4.98. The summed E-state index contributed by atoms with van der Waals surface area (Å²) >= 11 is 0. The summed E-state index contributed by atoms with van der Waals surface area (Å²) in [7, 11) is 0. The molecule has 0 aliphatic heterocycles. The van der Waals surface area contributed by atoms with Gasteiger partial charge in [-0.1, -0.05) is 6.58 Å². The Bertz CT molecular complexity index is 82.5. The fraction of sp³-hybridized carbons (Fsp3) is 0.500. The molecule has 0 aromatic carbocycles. The third-order valence-electron chi connectivity index (χ3n) is 0.754. The van der Waals surface area contributed by atoms with Crippen molar-refractivity contribution in [1.82, 2.24) is 5.32 Å². The van der Waals surface area contributed by atoms with Crippen molar-refractivity contribution in [3.63, 3.8) is 0 Å². The lowest BCUT2D eigenvalue weighted by Crippen LogP contribution is -2.22. The van der Waals surface area contributed by atoms with Gasteiger partial charge in [-0.2, -0.15) is 0 Å². The molecule has 0 bridgehead atoms. The Morgan fingerprint density at radius 2 is 2.50 bits per heavy atom. The van der Waals surface area contributed by atoms with Gasteiger partial charge in [0.15, 0.2) is 0 Å². The molecule has 0 aliphatic rings. The first-order valence-corrected chi connectivity index (χ1v) is 2.67. The standard InChI is InChI=1S/C6H12N2/c1-2-3-4-5-8-6-7/h3,8H,1,4-7H2. The van der Waals surface area contributed by atoms with Crippen molar-refractivity contribution in [2.45, 2.75) is 6.42 Å². The summed E-state index contributed by atoms with van der Waals surface area (Å²) in [6.45, 7) is 4.88. The van der Waals surface area contributed by atoms with E-state index in [1.54, 1.807) is 0 Å². The van der Waals surface area contributed by atoms with Gasteiger partial charge >= 0.3 is 0 Å². The van der Waals surface area contributed by atoms with Gasteiger partial charge in [0.05, 0.1) is 0 Å². The van der Waals surface area contributed by atoms with E-state index in [0.717, 1.165) is 13.0 Å². The van der Waals surface area contributed by atoms with Crippen molar-refractivity contribution in [3.8, 4) is 0 Å². The highest BCUT2D eigenvalue weighted by molar-refractivity contribution is 4.75. The number of rotatable bonds is 4. The van der Waals surface area contributed by atoms with Crippen LogP contribution in [0, 0.1) is 0 Å². The van der Waals surface area contributed by atoms with Gasteiger partial charge < -0.3 is 11.1 Å². The summed E-state index contributed by atoms with van der Waals surface area (Å²) in [5.41, 5.74) is 7.82. The lowest BCUT2D eigenvalue weighted by Gasteiger charge is -1.92. The van der Waals surface area contributed by atoms with Gasteiger partial charge in [0.1, 0.15) is 0 Å². The van der Waals surface area contributed by atoms with Gasteiger partial charge in [0.2, 0.25) is 0 Å². The van der Waals surface area contributed by atoms with Crippen LogP contribution in [0.2, 0.25) is 0 Å². The molecule has 0 heterocycles. The topological polar surface area (TPSA) is 38.0 Å². The second-order valence-corrected chi connectivity index (χ2v) is 1.40. The second kappa shape index (κ2) is 6.44. The molecule has 0 saturated carbocycles. The molecule has 0 fully saturated rings. The number of nitrogens with two attached hydrogens (primary N) is 1. The SMILES string of the molecule is C=C=CCCNCN. The highest BCUT2D eigenvalue weighted by atomic mass is 14.9. The molecular formula is C6H12N2. The first kappa shape index (κ1) is 7.44. The second-order valence-electron chi connectivity index (χ2n) is 1.40. The zero-order valence-corrected chi connectivity index (χ0v) is 4.98. The van der Waals surface area contributed by atoms with E-state index < -0.39 is 0 Å². The number of nitrogens with one attached hydrogen (secondary N) is 1. The van der Waals surface area contributed by atoms with Gasteiger partial charge in [-0.25, -0.2) is 0 Å². The highest BCUT2D eigenvalue weighted by Gasteiger charge is 1.75. The quantitative estimate of drug-likeness (QED) is 0.310. The molecular weight excluding hydrogens is 100 g/mol. The van der Waals surface area contributed by atoms with E-state index in [-0.39, 0.29) is 0 Å². The Hall–Kier alpha value is -0.560. The predicted molar refractivity (Wildman–Crippen MR) is 35.4 cm³/mol. The van der Waals surface area contributed by atoms with Gasteiger partial charge in [0.25, 0.3) is 0 Å². The maximum Gasteiger partial charge on any atom is 0.0428 e. The lowest BCUT2D eigenvalue weighted by molar-refractivity contribution is 0.710. The van der Waals surface area contributed by atoms with Crippen LogP contribution in [-0.2, 0) is 0 Å². The van der Waals surface area contributed by atoms with Crippen LogP contribution >= 0.6 is 0 Å². The summed E-state index contributed by atoms with van der Waals surface area (Å²) < 4.78 is 0. The maximum atomic E-state index is 5.15. The molecule has 2 nitrogen and oxygen atoms in total. The van der Waals surface area contributed by atoms with Crippen LogP contribution in [0.1, 0.15) is 6.42 Å². The van der Waals surface area contributed by atoms with Crippen molar-refractivity contribution >= 4 is 0 Å². The Labute approximate surface area is 50.1 Å². The van der Waals surface area contributed by atoms with Gasteiger partial charge in [0, 0.05) is 13.2 Å². The van der Waals surface area contributed by atoms with E-state index in [2.05, 4.69) is 17.6 Å². The van der Waals surface area contributed by atoms with Crippen LogP contribution in [0.5, 0.6) is 0 Å². The molecule has 0 atom stereocenters. The minimum absolute atomic E-state index is 0.547. The lowest BCUT2D eigenvalue weighted by atomic mass is 10.4. The van der Waals surface area contributed by atoms with Crippen molar-refractivity contribution in [2.75, 3.05) is 13.2 Å². The third-order valence-corrected chi connectivity index (χ3v) is 0.754.